The molecule has 0 radical (unpaired) electrons. The molecular weight excluding hydrogens is 226 g/mol. The van der Waals surface area contributed by atoms with Crippen LogP contribution in [0, 0.1) is 5.92 Å². The zero-order valence-electron chi connectivity index (χ0n) is 9.06. The summed E-state index contributed by atoms with van der Waals surface area (Å²) in [6, 6.07) is 7.49. The fraction of sp³-hybridized carbons (Fsp3) is 0.417. The summed E-state index contributed by atoms with van der Waals surface area (Å²) in [5.41, 5.74) is 0.945. The van der Waals surface area contributed by atoms with Gasteiger partial charge in [-0.2, -0.15) is 0 Å². The van der Waals surface area contributed by atoms with Crippen molar-refractivity contribution in [1.29, 1.82) is 0 Å². The van der Waals surface area contributed by atoms with Crippen molar-refractivity contribution in [1.82, 2.24) is 4.90 Å². The number of carboxylic acids is 1. The number of benzene rings is 1. The Kier molecular flexibility index (Phi) is 3.17. The minimum atomic E-state index is -0.741. The first kappa shape index (κ1) is 11.4. The van der Waals surface area contributed by atoms with Crippen molar-refractivity contribution in [3.63, 3.8) is 0 Å². The topological polar surface area (TPSA) is 40.5 Å². The van der Waals surface area contributed by atoms with Crippen molar-refractivity contribution < 1.29 is 9.90 Å². The lowest BCUT2D eigenvalue weighted by Gasteiger charge is -2.16. The van der Waals surface area contributed by atoms with Crippen LogP contribution >= 0.6 is 11.6 Å². The second kappa shape index (κ2) is 4.44. The van der Waals surface area contributed by atoms with Gasteiger partial charge in [-0.25, -0.2) is 0 Å². The summed E-state index contributed by atoms with van der Waals surface area (Å²) in [7, 11) is 1.94. The predicted octanol–water partition coefficient (Wildman–Crippen LogP) is 2.07. The molecule has 1 aliphatic heterocycles. The van der Waals surface area contributed by atoms with Crippen LogP contribution in [0.15, 0.2) is 24.3 Å². The molecule has 0 saturated carbocycles. The molecular formula is C12H14ClNO2. The number of aliphatic carboxylic acids is 1. The molecule has 0 aromatic heterocycles. The molecule has 4 heteroatoms. The average Bonchev–Trinajstić information content (AvgIpc) is 2.61. The van der Waals surface area contributed by atoms with E-state index >= 15 is 0 Å². The molecule has 1 aromatic rings. The second-order valence-corrected chi connectivity index (χ2v) is 4.70. The lowest BCUT2D eigenvalue weighted by Crippen LogP contribution is -2.21. The smallest absolute Gasteiger partial charge is 0.308 e. The Morgan fingerprint density at radius 2 is 2.12 bits per heavy atom. The van der Waals surface area contributed by atoms with E-state index in [9.17, 15) is 9.90 Å². The van der Waals surface area contributed by atoms with Gasteiger partial charge in [0, 0.05) is 24.0 Å². The van der Waals surface area contributed by atoms with Gasteiger partial charge in [-0.05, 0) is 18.7 Å². The van der Waals surface area contributed by atoms with E-state index in [1.165, 1.54) is 0 Å². The molecule has 1 fully saturated rings. The van der Waals surface area contributed by atoms with E-state index in [0.717, 1.165) is 12.1 Å². The van der Waals surface area contributed by atoms with Gasteiger partial charge in [0.25, 0.3) is 0 Å². The van der Waals surface area contributed by atoms with Crippen LogP contribution in [0.3, 0.4) is 0 Å². The van der Waals surface area contributed by atoms with Crippen LogP contribution in [0.4, 0.5) is 0 Å². The van der Waals surface area contributed by atoms with Crippen molar-refractivity contribution >= 4 is 17.6 Å². The SMILES string of the molecule is CN1C[C@H](C(=O)O)[C@H](c2ccccc2Cl)C1. The minimum absolute atomic E-state index is 0.00352. The van der Waals surface area contributed by atoms with E-state index in [1.54, 1.807) is 0 Å². The molecule has 2 rings (SSSR count). The monoisotopic (exact) mass is 239 g/mol. The fourth-order valence-electron chi connectivity index (χ4n) is 2.34. The summed E-state index contributed by atoms with van der Waals surface area (Å²) < 4.78 is 0. The molecule has 1 saturated heterocycles. The van der Waals surface area contributed by atoms with Crippen molar-refractivity contribution in [3.8, 4) is 0 Å². The highest BCUT2D eigenvalue weighted by atomic mass is 35.5. The molecule has 1 aliphatic rings. The van der Waals surface area contributed by atoms with Crippen molar-refractivity contribution in [3.05, 3.63) is 34.9 Å². The highest BCUT2D eigenvalue weighted by Crippen LogP contribution is 2.35. The fourth-order valence-corrected chi connectivity index (χ4v) is 2.62. The summed E-state index contributed by atoms with van der Waals surface area (Å²) in [5, 5.41) is 9.85. The maximum Gasteiger partial charge on any atom is 0.308 e. The van der Waals surface area contributed by atoms with Crippen LogP contribution in [0.5, 0.6) is 0 Å². The number of halogens is 1. The van der Waals surface area contributed by atoms with Crippen LogP contribution in [0.1, 0.15) is 11.5 Å². The zero-order valence-corrected chi connectivity index (χ0v) is 9.81. The number of hydrogen-bond acceptors (Lipinski definition) is 2. The minimum Gasteiger partial charge on any atom is -0.481 e. The Hall–Kier alpha value is -1.06. The van der Waals surface area contributed by atoms with Gasteiger partial charge in [0.1, 0.15) is 0 Å². The molecule has 3 nitrogen and oxygen atoms in total. The first-order chi connectivity index (χ1) is 7.59. The number of nitrogens with zero attached hydrogens (tertiary/aromatic N) is 1. The molecule has 1 aromatic carbocycles. The quantitative estimate of drug-likeness (QED) is 0.859. The van der Waals surface area contributed by atoms with Crippen LogP contribution in [-0.2, 0) is 4.79 Å². The van der Waals surface area contributed by atoms with Crippen LogP contribution < -0.4 is 0 Å². The summed E-state index contributed by atoms with van der Waals surface area (Å²) in [5.74, 6) is -1.10. The van der Waals surface area contributed by atoms with Gasteiger partial charge in [0.15, 0.2) is 0 Å². The van der Waals surface area contributed by atoms with Crippen LogP contribution in [-0.4, -0.2) is 36.1 Å². The first-order valence-electron chi connectivity index (χ1n) is 5.25. The van der Waals surface area contributed by atoms with E-state index in [1.807, 2.05) is 36.2 Å². The van der Waals surface area contributed by atoms with Gasteiger partial charge >= 0.3 is 5.97 Å². The van der Waals surface area contributed by atoms with E-state index in [0.29, 0.717) is 11.6 Å². The van der Waals surface area contributed by atoms with E-state index in [-0.39, 0.29) is 11.8 Å². The van der Waals surface area contributed by atoms with Crippen molar-refractivity contribution in [2.24, 2.45) is 5.92 Å². The van der Waals surface area contributed by atoms with Crippen LogP contribution in [0.25, 0.3) is 0 Å². The van der Waals surface area contributed by atoms with E-state index in [4.69, 9.17) is 11.6 Å². The Morgan fingerprint density at radius 1 is 1.44 bits per heavy atom. The van der Waals surface area contributed by atoms with Gasteiger partial charge in [0.05, 0.1) is 5.92 Å². The van der Waals surface area contributed by atoms with Gasteiger partial charge in [-0.1, -0.05) is 29.8 Å². The number of rotatable bonds is 2. The predicted molar refractivity (Wildman–Crippen MR) is 62.8 cm³/mol. The van der Waals surface area contributed by atoms with Gasteiger partial charge in [0.2, 0.25) is 0 Å². The molecule has 86 valence electrons. The Labute approximate surface area is 99.6 Å². The largest absolute Gasteiger partial charge is 0.481 e. The highest BCUT2D eigenvalue weighted by molar-refractivity contribution is 6.31. The Bertz CT molecular complexity index is 408. The molecule has 1 heterocycles. The van der Waals surface area contributed by atoms with Crippen molar-refractivity contribution in [2.75, 3.05) is 20.1 Å². The third kappa shape index (κ3) is 2.06. The maximum atomic E-state index is 11.2. The number of hydrogen-bond donors (Lipinski definition) is 1. The molecule has 0 aliphatic carbocycles. The number of likely N-dealkylation sites (tertiary alicyclic amines) is 1. The summed E-state index contributed by atoms with van der Waals surface area (Å²) in [6.07, 6.45) is 0. The zero-order chi connectivity index (χ0) is 11.7. The first-order valence-corrected chi connectivity index (χ1v) is 5.63. The number of carboxylic acid groups (broad SMARTS) is 1. The summed E-state index contributed by atoms with van der Waals surface area (Å²) in [6.45, 7) is 1.34. The number of carbonyl (C=O) groups is 1. The Balaban J connectivity index is 2.33. The molecule has 1 N–H and O–H groups in total. The molecule has 0 spiro atoms. The lowest BCUT2D eigenvalue weighted by atomic mass is 9.89. The molecule has 0 bridgehead atoms. The standard InChI is InChI=1S/C12H14ClNO2/c1-14-6-9(10(7-14)12(15)16)8-4-2-3-5-11(8)13/h2-5,9-10H,6-7H2,1H3,(H,15,16)/t9-,10-/m0/s1. The normalized spacial score (nSPS) is 25.9. The van der Waals surface area contributed by atoms with Gasteiger partial charge in [-0.15, -0.1) is 0 Å². The third-order valence-corrected chi connectivity index (χ3v) is 3.47. The molecule has 0 amide bonds. The lowest BCUT2D eigenvalue weighted by molar-refractivity contribution is -0.141. The van der Waals surface area contributed by atoms with Gasteiger partial charge in [-0.3, -0.25) is 4.79 Å². The third-order valence-electron chi connectivity index (χ3n) is 3.12. The summed E-state index contributed by atoms with van der Waals surface area (Å²) >= 11 is 6.11. The van der Waals surface area contributed by atoms with E-state index in [2.05, 4.69) is 0 Å². The second-order valence-electron chi connectivity index (χ2n) is 4.29. The molecule has 2 atom stereocenters. The van der Waals surface area contributed by atoms with Crippen LogP contribution in [0.2, 0.25) is 5.02 Å². The molecule has 16 heavy (non-hydrogen) atoms. The highest BCUT2D eigenvalue weighted by Gasteiger charge is 2.37. The van der Waals surface area contributed by atoms with Gasteiger partial charge < -0.3 is 10.0 Å². The number of likely N-dealkylation sites (N-methyl/N-ethyl adjacent to an activating group) is 1. The molecule has 0 unspecified atom stereocenters. The average molecular weight is 240 g/mol. The Morgan fingerprint density at radius 3 is 2.75 bits per heavy atom. The summed E-state index contributed by atoms with van der Waals surface area (Å²) in [4.78, 5) is 13.2. The maximum absolute atomic E-state index is 11.2. The van der Waals surface area contributed by atoms with E-state index < -0.39 is 5.97 Å². The van der Waals surface area contributed by atoms with Crippen molar-refractivity contribution in [2.45, 2.75) is 5.92 Å².